The van der Waals surface area contributed by atoms with Gasteiger partial charge in [-0.05, 0) is 55.5 Å². The first-order valence-corrected chi connectivity index (χ1v) is 11.8. The van der Waals surface area contributed by atoms with Gasteiger partial charge in [0.05, 0.1) is 15.5 Å². The van der Waals surface area contributed by atoms with Gasteiger partial charge in [0.2, 0.25) is 16.0 Å². The summed E-state index contributed by atoms with van der Waals surface area (Å²) in [6.45, 7) is 0. The number of hydrogen-bond donors (Lipinski definition) is 1. The molecule has 0 aliphatic heterocycles. The number of halogens is 5. The Morgan fingerprint density at radius 1 is 1.09 bits per heavy atom. The van der Waals surface area contributed by atoms with Gasteiger partial charge in [-0.2, -0.15) is 17.6 Å². The van der Waals surface area contributed by atoms with Gasteiger partial charge >= 0.3 is 6.18 Å². The SMILES string of the molecule is O=S(=O)(N[C@H]1CCC[C@@H](n2cnnc2)C1)c1cc(-c2cc(Cl)cnc2F)cc(C(F)(F)F)c1. The molecule has 33 heavy (non-hydrogen) atoms. The van der Waals surface area contributed by atoms with Crippen LogP contribution in [0.25, 0.3) is 11.1 Å². The van der Waals surface area contributed by atoms with E-state index in [9.17, 15) is 26.0 Å². The lowest BCUT2D eigenvalue weighted by Gasteiger charge is -2.30. The van der Waals surface area contributed by atoms with Gasteiger partial charge in [-0.3, -0.25) is 0 Å². The second-order valence-corrected chi connectivity index (χ2v) is 9.93. The summed E-state index contributed by atoms with van der Waals surface area (Å²) < 4.78 is 85.2. The molecule has 1 aromatic carbocycles. The summed E-state index contributed by atoms with van der Waals surface area (Å²) in [4.78, 5) is 2.78. The Balaban J connectivity index is 1.68. The van der Waals surface area contributed by atoms with Gasteiger partial charge in [0.25, 0.3) is 0 Å². The van der Waals surface area contributed by atoms with Gasteiger partial charge < -0.3 is 4.57 Å². The lowest BCUT2D eigenvalue weighted by Crippen LogP contribution is -2.38. The Kier molecular flexibility index (Phi) is 6.43. The molecule has 0 spiro atoms. The quantitative estimate of drug-likeness (QED) is 0.405. The van der Waals surface area contributed by atoms with E-state index in [1.165, 1.54) is 12.7 Å². The average molecular weight is 504 g/mol. The number of nitrogens with zero attached hydrogens (tertiary/aromatic N) is 4. The third-order valence-corrected chi connectivity index (χ3v) is 7.19. The third kappa shape index (κ3) is 5.33. The van der Waals surface area contributed by atoms with Crippen molar-refractivity contribution in [2.24, 2.45) is 0 Å². The number of pyridine rings is 1. The Morgan fingerprint density at radius 3 is 2.52 bits per heavy atom. The lowest BCUT2D eigenvalue weighted by atomic mass is 9.91. The lowest BCUT2D eigenvalue weighted by molar-refractivity contribution is -0.137. The molecule has 0 bridgehead atoms. The summed E-state index contributed by atoms with van der Waals surface area (Å²) in [5.41, 5.74) is -1.87. The highest BCUT2D eigenvalue weighted by molar-refractivity contribution is 7.89. The van der Waals surface area contributed by atoms with Crippen LogP contribution in [-0.4, -0.2) is 34.2 Å². The Bertz CT molecular complexity index is 1250. The van der Waals surface area contributed by atoms with Crippen molar-refractivity contribution >= 4 is 21.6 Å². The van der Waals surface area contributed by atoms with Gasteiger partial charge in [-0.1, -0.05) is 11.6 Å². The molecule has 0 amide bonds. The number of alkyl halides is 3. The fraction of sp³-hybridized carbons (Fsp3) is 0.350. The molecule has 1 saturated carbocycles. The minimum Gasteiger partial charge on any atom is -0.317 e. The van der Waals surface area contributed by atoms with Gasteiger partial charge in [0.1, 0.15) is 12.7 Å². The molecule has 176 valence electrons. The van der Waals surface area contributed by atoms with Gasteiger partial charge in [0.15, 0.2) is 0 Å². The minimum absolute atomic E-state index is 0.00594. The molecule has 2 heterocycles. The normalized spacial score (nSPS) is 19.5. The van der Waals surface area contributed by atoms with E-state index in [4.69, 9.17) is 11.6 Å². The van der Waals surface area contributed by atoms with Gasteiger partial charge in [0, 0.05) is 23.8 Å². The predicted octanol–water partition coefficient (Wildman–Crippen LogP) is 4.61. The number of benzene rings is 1. The van der Waals surface area contributed by atoms with Crippen molar-refractivity contribution in [3.8, 4) is 11.1 Å². The van der Waals surface area contributed by atoms with Crippen molar-refractivity contribution in [1.82, 2.24) is 24.5 Å². The van der Waals surface area contributed by atoms with Gasteiger partial charge in [-0.25, -0.2) is 18.1 Å². The highest BCUT2D eigenvalue weighted by atomic mass is 35.5. The first-order chi connectivity index (χ1) is 15.5. The molecule has 1 fully saturated rings. The zero-order chi connectivity index (χ0) is 23.8. The first-order valence-electron chi connectivity index (χ1n) is 9.93. The number of rotatable bonds is 5. The van der Waals surface area contributed by atoms with Crippen LogP contribution in [0, 0.1) is 5.95 Å². The smallest absolute Gasteiger partial charge is 0.317 e. The summed E-state index contributed by atoms with van der Waals surface area (Å²) in [6.07, 6.45) is 1.68. The van der Waals surface area contributed by atoms with E-state index in [1.54, 1.807) is 4.57 Å². The zero-order valence-electron chi connectivity index (χ0n) is 16.9. The summed E-state index contributed by atoms with van der Waals surface area (Å²) in [5, 5.41) is 7.50. The molecule has 2 atom stereocenters. The van der Waals surface area contributed by atoms with Crippen molar-refractivity contribution in [1.29, 1.82) is 0 Å². The van der Waals surface area contributed by atoms with E-state index in [0.717, 1.165) is 24.8 Å². The maximum Gasteiger partial charge on any atom is 0.416 e. The largest absolute Gasteiger partial charge is 0.416 e. The maximum absolute atomic E-state index is 14.2. The molecule has 7 nitrogen and oxygen atoms in total. The van der Waals surface area contributed by atoms with E-state index in [2.05, 4.69) is 19.9 Å². The highest BCUT2D eigenvalue weighted by Crippen LogP contribution is 2.36. The molecule has 0 saturated heterocycles. The second kappa shape index (κ2) is 8.99. The topological polar surface area (TPSA) is 89.8 Å². The average Bonchev–Trinajstić information content (AvgIpc) is 3.29. The van der Waals surface area contributed by atoms with Crippen LogP contribution in [0.3, 0.4) is 0 Å². The van der Waals surface area contributed by atoms with E-state index < -0.39 is 38.6 Å². The highest BCUT2D eigenvalue weighted by Gasteiger charge is 2.34. The molecule has 13 heteroatoms. The Labute approximate surface area is 191 Å². The first kappa shape index (κ1) is 23.6. The summed E-state index contributed by atoms with van der Waals surface area (Å²) in [7, 11) is -4.35. The minimum atomic E-state index is -4.85. The van der Waals surface area contributed by atoms with Gasteiger partial charge in [-0.15, -0.1) is 10.2 Å². The zero-order valence-corrected chi connectivity index (χ0v) is 18.5. The fourth-order valence-electron chi connectivity index (χ4n) is 3.92. The van der Waals surface area contributed by atoms with Crippen LogP contribution in [0.4, 0.5) is 17.6 Å². The molecule has 2 aromatic heterocycles. The Morgan fingerprint density at radius 2 is 1.82 bits per heavy atom. The molecule has 0 radical (unpaired) electrons. The monoisotopic (exact) mass is 503 g/mol. The number of nitrogens with one attached hydrogen (secondary N) is 1. The number of sulfonamides is 1. The fourth-order valence-corrected chi connectivity index (χ4v) is 5.44. The van der Waals surface area contributed by atoms with Crippen LogP contribution < -0.4 is 4.72 Å². The molecule has 1 N–H and O–H groups in total. The van der Waals surface area contributed by atoms with Crippen LogP contribution in [-0.2, 0) is 16.2 Å². The number of hydrogen-bond acceptors (Lipinski definition) is 5. The summed E-state index contributed by atoms with van der Waals surface area (Å²) in [6, 6.07) is 2.73. The second-order valence-electron chi connectivity index (χ2n) is 7.78. The van der Waals surface area contributed by atoms with E-state index in [-0.39, 0.29) is 22.2 Å². The van der Waals surface area contributed by atoms with Crippen molar-refractivity contribution < 1.29 is 26.0 Å². The molecule has 0 unspecified atom stereocenters. The molecule has 1 aliphatic rings. The van der Waals surface area contributed by atoms with Crippen molar-refractivity contribution in [3.63, 3.8) is 0 Å². The van der Waals surface area contributed by atoms with E-state index >= 15 is 0 Å². The maximum atomic E-state index is 14.2. The van der Waals surface area contributed by atoms with E-state index in [1.807, 2.05) is 0 Å². The van der Waals surface area contributed by atoms with Crippen LogP contribution in [0.5, 0.6) is 0 Å². The standard InChI is InChI=1S/C20H18ClF4N5O2S/c21-14-7-18(19(22)26-9-14)12-4-13(20(23,24)25)6-17(5-12)33(31,32)29-15-2-1-3-16(8-15)30-10-27-28-11-30/h4-7,9-11,15-16,29H,1-3,8H2/t15-,16+/m0/s1. The molecular weight excluding hydrogens is 486 g/mol. The van der Waals surface area contributed by atoms with Crippen LogP contribution >= 0.6 is 11.6 Å². The predicted molar refractivity (Wildman–Crippen MR) is 111 cm³/mol. The summed E-state index contributed by atoms with van der Waals surface area (Å²) >= 11 is 5.82. The van der Waals surface area contributed by atoms with Crippen LogP contribution in [0.15, 0.2) is 48.0 Å². The molecular formula is C20H18ClF4N5O2S. The van der Waals surface area contributed by atoms with Crippen molar-refractivity contribution in [3.05, 3.63) is 59.7 Å². The van der Waals surface area contributed by atoms with Crippen molar-refractivity contribution in [2.75, 3.05) is 0 Å². The van der Waals surface area contributed by atoms with Crippen molar-refractivity contribution in [2.45, 2.75) is 48.8 Å². The van der Waals surface area contributed by atoms with E-state index in [0.29, 0.717) is 31.4 Å². The molecule has 3 aromatic rings. The Hall–Kier alpha value is -2.57. The number of aromatic nitrogens is 4. The molecule has 1 aliphatic carbocycles. The van der Waals surface area contributed by atoms with Crippen LogP contribution in [0.2, 0.25) is 5.02 Å². The third-order valence-electron chi connectivity index (χ3n) is 5.49. The van der Waals surface area contributed by atoms with Crippen LogP contribution in [0.1, 0.15) is 37.3 Å². The molecule has 4 rings (SSSR count). The summed E-state index contributed by atoms with van der Waals surface area (Å²) in [5.74, 6) is -1.07.